The predicted octanol–water partition coefficient (Wildman–Crippen LogP) is 9.53. The molecule has 2 aromatic heterocycles. The zero-order valence-corrected chi connectivity index (χ0v) is 48.5. The molecule has 430 valence electrons. The first kappa shape index (κ1) is 56.4. The lowest BCUT2D eigenvalue weighted by molar-refractivity contribution is -0.182. The van der Waals surface area contributed by atoms with Gasteiger partial charge >= 0.3 is 18.0 Å². The van der Waals surface area contributed by atoms with Crippen LogP contribution in [0.4, 0.5) is 10.5 Å². The molecule has 0 radical (unpaired) electrons. The standard InChI is InChI=1S/C65H80N6O10/c1-8-64(78)54-35-56-59-44(37-71(56)60(75)52(54)39-79-61(64)76)34-49-51(38-67(5)6)57(24-23-55(49)66-59)80-62(77)70-31-29-69(30-32-70)28-14-12-10-9-11-13-27-68(7)45-18-15-42(16-19-45)50-36-63(4)53(25-26-65(63,40(2)72)81-41(3)73)48-21-17-43-33-46(74)20-22-47(43)58(48)50/h15-16,18-19,23-24,33-35,48,50,53,78H,8-14,17,20-22,25-32,36-39H2,1-7H3/t48-,50+,53-,63-,64-,65-/m0/s1. The van der Waals surface area contributed by atoms with E-state index in [1.807, 2.05) is 37.2 Å². The van der Waals surface area contributed by atoms with Crippen LogP contribution in [0, 0.1) is 17.3 Å². The maximum atomic E-state index is 13.8. The number of ketones is 2. The van der Waals surface area contributed by atoms with Gasteiger partial charge in [0.1, 0.15) is 12.4 Å². The number of hydrogen-bond acceptors (Lipinski definition) is 14. The average molecular weight is 1110 g/mol. The number of Topliss-reactive ketones (excluding diaryl/α,β-unsaturated/α-hetero) is 1. The molecule has 3 aliphatic heterocycles. The van der Waals surface area contributed by atoms with Crippen LogP contribution in [0.25, 0.3) is 22.3 Å². The molecule has 4 aliphatic carbocycles. The molecule has 2 aromatic carbocycles. The number of esters is 2. The Bertz CT molecular complexity index is 3320. The van der Waals surface area contributed by atoms with E-state index in [1.165, 1.54) is 54.2 Å². The average Bonchev–Trinajstić information content (AvgIpc) is 3.63. The number of carbonyl (C=O) groups excluding carboxylic acids is 5. The highest BCUT2D eigenvalue weighted by molar-refractivity contribution is 5.93. The van der Waals surface area contributed by atoms with Crippen LogP contribution in [-0.4, -0.2) is 125 Å². The number of aliphatic hydroxyl groups is 1. The first-order valence-corrected chi connectivity index (χ1v) is 29.8. The number of carbonyl (C=O) groups is 5. The minimum Gasteiger partial charge on any atom is -0.458 e. The number of fused-ring (bicyclic) bond motifs is 9. The summed E-state index contributed by atoms with van der Waals surface area (Å²) < 4.78 is 19.2. The molecule has 6 atom stereocenters. The summed E-state index contributed by atoms with van der Waals surface area (Å²) in [6.45, 7) is 12.2. The quantitative estimate of drug-likeness (QED) is 0.0687. The van der Waals surface area contributed by atoms with Gasteiger partial charge in [0, 0.05) is 98.8 Å². The summed E-state index contributed by atoms with van der Waals surface area (Å²) in [5.41, 5.74) is 6.62. The fraction of sp³-hybridized carbons (Fsp3) is 0.554. The Morgan fingerprint density at radius 3 is 2.35 bits per heavy atom. The number of piperazine rings is 1. The Kier molecular flexibility index (Phi) is 15.6. The van der Waals surface area contributed by atoms with E-state index in [0.29, 0.717) is 55.1 Å². The molecule has 81 heavy (non-hydrogen) atoms. The summed E-state index contributed by atoms with van der Waals surface area (Å²) in [5.74, 6) is 0.0614. The summed E-state index contributed by atoms with van der Waals surface area (Å²) in [4.78, 5) is 92.6. The fourth-order valence-electron chi connectivity index (χ4n) is 15.5. The summed E-state index contributed by atoms with van der Waals surface area (Å²) in [7, 11) is 6.09. The normalized spacial score (nSPS) is 25.8. The Morgan fingerprint density at radius 1 is 0.889 bits per heavy atom. The van der Waals surface area contributed by atoms with E-state index < -0.39 is 28.6 Å². The Hall–Kier alpha value is -6.49. The zero-order valence-electron chi connectivity index (χ0n) is 48.5. The van der Waals surface area contributed by atoms with Crippen molar-refractivity contribution in [1.82, 2.24) is 24.3 Å². The van der Waals surface area contributed by atoms with Crippen molar-refractivity contribution in [3.8, 4) is 17.1 Å². The van der Waals surface area contributed by atoms with Gasteiger partial charge in [-0.1, -0.05) is 57.2 Å². The van der Waals surface area contributed by atoms with Crippen molar-refractivity contribution in [2.45, 2.75) is 154 Å². The van der Waals surface area contributed by atoms with Crippen molar-refractivity contribution in [2.75, 3.05) is 65.3 Å². The molecule has 16 nitrogen and oxygen atoms in total. The van der Waals surface area contributed by atoms with Gasteiger partial charge in [0.05, 0.1) is 29.0 Å². The second kappa shape index (κ2) is 22.3. The van der Waals surface area contributed by atoms with Gasteiger partial charge < -0.3 is 38.6 Å². The molecule has 1 amide bonds. The minimum absolute atomic E-state index is 0.0532. The molecule has 16 heteroatoms. The van der Waals surface area contributed by atoms with Crippen LogP contribution in [0.5, 0.6) is 5.75 Å². The third kappa shape index (κ3) is 10.1. The summed E-state index contributed by atoms with van der Waals surface area (Å²) >= 11 is 0. The third-order valence-corrected chi connectivity index (χ3v) is 19.8. The molecule has 5 heterocycles. The molecule has 1 N–H and O–H groups in total. The van der Waals surface area contributed by atoms with E-state index in [4.69, 9.17) is 19.2 Å². The first-order valence-electron chi connectivity index (χ1n) is 29.8. The number of nitrogens with zero attached hydrogens (tertiary/aromatic N) is 6. The molecular formula is C65H80N6O10. The van der Waals surface area contributed by atoms with Gasteiger partial charge in [0.2, 0.25) is 0 Å². The van der Waals surface area contributed by atoms with Crippen LogP contribution < -0.4 is 15.2 Å². The third-order valence-electron chi connectivity index (χ3n) is 19.8. The van der Waals surface area contributed by atoms with E-state index in [-0.39, 0.29) is 71.7 Å². The number of anilines is 1. The van der Waals surface area contributed by atoms with E-state index in [2.05, 4.69) is 48.0 Å². The van der Waals surface area contributed by atoms with Crippen molar-refractivity contribution in [1.29, 1.82) is 0 Å². The molecule has 0 spiro atoms. The van der Waals surface area contributed by atoms with Gasteiger partial charge in [0.25, 0.3) is 5.56 Å². The number of allylic oxidation sites excluding steroid dienone is 4. The number of cyclic esters (lactones) is 1. The lowest BCUT2D eigenvalue weighted by atomic mass is 9.50. The topological polar surface area (TPSA) is 181 Å². The fourth-order valence-corrected chi connectivity index (χ4v) is 15.5. The number of unbranched alkanes of at least 4 members (excludes halogenated alkanes) is 5. The van der Waals surface area contributed by atoms with Crippen LogP contribution in [0.3, 0.4) is 0 Å². The molecule has 11 rings (SSSR count). The Labute approximate surface area is 475 Å². The van der Waals surface area contributed by atoms with Gasteiger partial charge in [-0.2, -0.15) is 0 Å². The van der Waals surface area contributed by atoms with Gasteiger partial charge in [-0.3, -0.25) is 24.1 Å². The molecule has 7 aliphatic rings. The highest BCUT2D eigenvalue weighted by Crippen LogP contribution is 2.68. The van der Waals surface area contributed by atoms with E-state index >= 15 is 0 Å². The largest absolute Gasteiger partial charge is 0.458 e. The molecule has 0 bridgehead atoms. The highest BCUT2D eigenvalue weighted by atomic mass is 16.6. The van der Waals surface area contributed by atoms with Gasteiger partial charge in [-0.15, -0.1) is 0 Å². The molecule has 1 saturated heterocycles. The number of hydrogen-bond donors (Lipinski definition) is 1. The molecule has 4 aromatic rings. The lowest BCUT2D eigenvalue weighted by Crippen LogP contribution is -2.57. The van der Waals surface area contributed by atoms with Gasteiger partial charge in [-0.05, 0) is 156 Å². The van der Waals surface area contributed by atoms with E-state index in [0.717, 1.165) is 94.1 Å². The molecule has 3 fully saturated rings. The van der Waals surface area contributed by atoms with E-state index in [9.17, 15) is 33.9 Å². The number of ether oxygens (including phenoxy) is 3. The maximum Gasteiger partial charge on any atom is 0.415 e. The first-order chi connectivity index (χ1) is 38.8. The SMILES string of the molecule is CC[C@@]1(O)C(=O)OCc2c1cc1n(c2=O)Cc2cc3c(CN(C)C)c(OC(=O)N4CCN(CCCCCCCCN(C)c5ccc([C@H]6C[C@@]7(C)[C@@H](CC[C@]7(OC(C)=O)C(C)=O)[C@@H]7CCC8=CC(=O)CCC8=C76)cc5)CC4)ccc3nc2-1. The van der Waals surface area contributed by atoms with Crippen LogP contribution >= 0.6 is 0 Å². The van der Waals surface area contributed by atoms with Crippen molar-refractivity contribution in [3.63, 3.8) is 0 Å². The predicted molar refractivity (Wildman–Crippen MR) is 309 cm³/mol. The van der Waals surface area contributed by atoms with Crippen molar-refractivity contribution in [2.24, 2.45) is 17.3 Å². The van der Waals surface area contributed by atoms with Crippen LogP contribution in [-0.2, 0) is 53.9 Å². The van der Waals surface area contributed by atoms with Crippen LogP contribution in [0.1, 0.15) is 151 Å². The van der Waals surface area contributed by atoms with Gasteiger partial charge in [-0.25, -0.2) is 14.6 Å². The highest BCUT2D eigenvalue weighted by Gasteiger charge is 2.67. The van der Waals surface area contributed by atoms with Crippen LogP contribution in [0.2, 0.25) is 0 Å². The van der Waals surface area contributed by atoms with Crippen LogP contribution in [0.15, 0.2) is 76.1 Å². The van der Waals surface area contributed by atoms with E-state index in [1.54, 1.807) is 35.4 Å². The summed E-state index contributed by atoms with van der Waals surface area (Å²) in [6.07, 6.45) is 13.8. The van der Waals surface area contributed by atoms with Gasteiger partial charge in [0.15, 0.2) is 22.8 Å². The number of benzene rings is 2. The lowest BCUT2D eigenvalue weighted by Gasteiger charge is -2.55. The Morgan fingerprint density at radius 2 is 1.63 bits per heavy atom. The Balaban J connectivity index is 0.643. The second-order valence-electron chi connectivity index (χ2n) is 24.8. The summed E-state index contributed by atoms with van der Waals surface area (Å²) in [6, 6.07) is 16.4. The molecule has 0 unspecified atom stereocenters. The summed E-state index contributed by atoms with van der Waals surface area (Å²) in [5, 5.41) is 12.1. The van der Waals surface area contributed by atoms with Crippen molar-refractivity contribution >= 4 is 46.2 Å². The number of pyridine rings is 2. The minimum atomic E-state index is -1.90. The molecule has 2 saturated carbocycles. The number of amides is 1. The smallest absolute Gasteiger partial charge is 0.415 e. The number of aromatic nitrogens is 2. The van der Waals surface area contributed by atoms with Crippen molar-refractivity contribution in [3.05, 3.63) is 109 Å². The van der Waals surface area contributed by atoms with Crippen molar-refractivity contribution < 1.29 is 43.3 Å². The number of rotatable bonds is 17. The maximum absolute atomic E-state index is 13.8. The monoisotopic (exact) mass is 1100 g/mol. The molecular weight excluding hydrogens is 1020 g/mol. The second-order valence-corrected chi connectivity index (χ2v) is 24.8. The zero-order chi connectivity index (χ0) is 57.1.